The van der Waals surface area contributed by atoms with E-state index in [1.807, 2.05) is 31.3 Å². The second-order valence-corrected chi connectivity index (χ2v) is 6.24. The van der Waals surface area contributed by atoms with Crippen LogP contribution in [0.3, 0.4) is 0 Å². The van der Waals surface area contributed by atoms with Crippen molar-refractivity contribution in [2.75, 3.05) is 40.3 Å². The molecule has 0 spiro atoms. The Hall–Kier alpha value is -2.47. The lowest BCUT2D eigenvalue weighted by Gasteiger charge is -2.23. The number of carbonyl (C=O) groups excluding carboxylic acids is 2. The van der Waals surface area contributed by atoms with Crippen molar-refractivity contribution in [3.05, 3.63) is 42.1 Å². The van der Waals surface area contributed by atoms with Gasteiger partial charge in [0, 0.05) is 50.4 Å². The third-order valence-corrected chi connectivity index (χ3v) is 4.48. The van der Waals surface area contributed by atoms with Gasteiger partial charge in [-0.3, -0.25) is 14.6 Å². The lowest BCUT2D eigenvalue weighted by Crippen LogP contribution is -2.41. The van der Waals surface area contributed by atoms with E-state index in [-0.39, 0.29) is 17.7 Å². The van der Waals surface area contributed by atoms with Crippen molar-refractivity contribution in [1.82, 2.24) is 20.1 Å². The van der Waals surface area contributed by atoms with Crippen molar-refractivity contribution < 1.29 is 9.59 Å². The minimum absolute atomic E-state index is 0.0238. The Morgan fingerprint density at radius 2 is 2.04 bits per heavy atom. The molecule has 24 heavy (non-hydrogen) atoms. The molecule has 0 bridgehead atoms. The molecule has 1 aromatic heterocycles. The Balaban J connectivity index is 1.84. The fourth-order valence-corrected chi connectivity index (χ4v) is 3.12. The van der Waals surface area contributed by atoms with Crippen LogP contribution in [0.15, 0.2) is 36.5 Å². The van der Waals surface area contributed by atoms with E-state index < -0.39 is 0 Å². The Morgan fingerprint density at radius 1 is 1.21 bits per heavy atom. The monoisotopic (exact) mass is 326 g/mol. The molecule has 1 aromatic carbocycles. The number of benzene rings is 1. The molecule has 1 atom stereocenters. The Kier molecular flexibility index (Phi) is 4.76. The molecule has 1 N–H and O–H groups in total. The standard InChI is InChI=1S/C18H22N4O2/c1-19-17(23)15-11-21(2)8-9-22(12-15)18(24)14-5-6-16-13(10-14)4-3-7-20-16/h3-7,10,15H,8-9,11-12H2,1-2H3,(H,19,23). The van der Waals surface area contributed by atoms with Crippen LogP contribution >= 0.6 is 0 Å². The second-order valence-electron chi connectivity index (χ2n) is 6.24. The highest BCUT2D eigenvalue weighted by Gasteiger charge is 2.28. The maximum atomic E-state index is 12.9. The molecular weight excluding hydrogens is 304 g/mol. The van der Waals surface area contributed by atoms with Gasteiger partial charge in [-0.05, 0) is 31.3 Å². The van der Waals surface area contributed by atoms with E-state index in [4.69, 9.17) is 0 Å². The highest BCUT2D eigenvalue weighted by atomic mass is 16.2. The number of pyridine rings is 1. The summed E-state index contributed by atoms with van der Waals surface area (Å²) < 4.78 is 0. The fourth-order valence-electron chi connectivity index (χ4n) is 3.12. The van der Waals surface area contributed by atoms with Crippen molar-refractivity contribution in [3.63, 3.8) is 0 Å². The number of carbonyl (C=O) groups is 2. The van der Waals surface area contributed by atoms with Crippen LogP contribution in [-0.4, -0.2) is 66.9 Å². The lowest BCUT2D eigenvalue weighted by molar-refractivity contribution is -0.125. The summed E-state index contributed by atoms with van der Waals surface area (Å²) in [5.41, 5.74) is 1.50. The summed E-state index contributed by atoms with van der Waals surface area (Å²) in [6.45, 7) is 2.47. The van der Waals surface area contributed by atoms with Gasteiger partial charge in [-0.1, -0.05) is 6.07 Å². The van der Waals surface area contributed by atoms with Crippen LogP contribution in [0.4, 0.5) is 0 Å². The van der Waals surface area contributed by atoms with Gasteiger partial charge in [0.15, 0.2) is 0 Å². The Bertz CT molecular complexity index is 762. The molecule has 0 saturated carbocycles. The van der Waals surface area contributed by atoms with E-state index in [1.54, 1.807) is 24.2 Å². The second kappa shape index (κ2) is 6.97. The van der Waals surface area contributed by atoms with E-state index in [0.717, 1.165) is 17.4 Å². The highest BCUT2D eigenvalue weighted by molar-refractivity contribution is 5.98. The first-order valence-corrected chi connectivity index (χ1v) is 8.12. The molecule has 3 rings (SSSR count). The number of hydrogen-bond acceptors (Lipinski definition) is 4. The van der Waals surface area contributed by atoms with E-state index >= 15 is 0 Å². The van der Waals surface area contributed by atoms with Crippen LogP contribution in [0.5, 0.6) is 0 Å². The first-order valence-electron chi connectivity index (χ1n) is 8.12. The smallest absolute Gasteiger partial charge is 0.253 e. The Morgan fingerprint density at radius 3 is 2.83 bits per heavy atom. The number of nitrogens with one attached hydrogen (secondary N) is 1. The Labute approximate surface area is 141 Å². The molecule has 0 radical (unpaired) electrons. The number of rotatable bonds is 2. The maximum Gasteiger partial charge on any atom is 0.253 e. The average Bonchev–Trinajstić information content (AvgIpc) is 2.81. The molecule has 2 heterocycles. The molecule has 126 valence electrons. The SMILES string of the molecule is CNC(=O)C1CN(C)CCN(C(=O)c2ccc3ncccc3c2)C1. The molecular formula is C18H22N4O2. The molecule has 6 nitrogen and oxygen atoms in total. The maximum absolute atomic E-state index is 12.9. The predicted octanol–water partition coefficient (Wildman–Crippen LogP) is 0.985. The van der Waals surface area contributed by atoms with Crippen molar-refractivity contribution in [2.45, 2.75) is 0 Å². The summed E-state index contributed by atoms with van der Waals surface area (Å²) in [5.74, 6) is -0.275. The largest absolute Gasteiger partial charge is 0.359 e. The summed E-state index contributed by atoms with van der Waals surface area (Å²) in [6, 6.07) is 9.35. The quantitative estimate of drug-likeness (QED) is 0.894. The summed E-state index contributed by atoms with van der Waals surface area (Å²) in [6.07, 6.45) is 1.74. The first-order chi connectivity index (χ1) is 11.6. The zero-order valence-electron chi connectivity index (χ0n) is 14.0. The number of hydrogen-bond donors (Lipinski definition) is 1. The number of aromatic nitrogens is 1. The van der Waals surface area contributed by atoms with Gasteiger partial charge in [0.25, 0.3) is 5.91 Å². The molecule has 1 saturated heterocycles. The van der Waals surface area contributed by atoms with Crippen molar-refractivity contribution in [3.8, 4) is 0 Å². The van der Waals surface area contributed by atoms with Gasteiger partial charge >= 0.3 is 0 Å². The summed E-state index contributed by atoms with van der Waals surface area (Å²) in [7, 11) is 3.61. The summed E-state index contributed by atoms with van der Waals surface area (Å²) in [4.78, 5) is 33.1. The topological polar surface area (TPSA) is 65.5 Å². The van der Waals surface area contributed by atoms with Crippen LogP contribution in [0.25, 0.3) is 10.9 Å². The van der Waals surface area contributed by atoms with Crippen molar-refractivity contribution in [2.24, 2.45) is 5.92 Å². The van der Waals surface area contributed by atoms with Crippen LogP contribution in [0, 0.1) is 5.92 Å². The lowest BCUT2D eigenvalue weighted by atomic mass is 10.1. The van der Waals surface area contributed by atoms with Crippen molar-refractivity contribution in [1.29, 1.82) is 0 Å². The minimum atomic E-state index is -0.214. The van der Waals surface area contributed by atoms with Crippen LogP contribution < -0.4 is 5.32 Å². The molecule has 6 heteroatoms. The van der Waals surface area contributed by atoms with Gasteiger partial charge in [0.2, 0.25) is 5.91 Å². The molecule has 2 amide bonds. The highest BCUT2D eigenvalue weighted by Crippen LogP contribution is 2.17. The van der Waals surface area contributed by atoms with E-state index in [1.165, 1.54) is 0 Å². The summed E-state index contributed by atoms with van der Waals surface area (Å²) in [5, 5.41) is 3.64. The molecule has 1 aliphatic rings. The summed E-state index contributed by atoms with van der Waals surface area (Å²) >= 11 is 0. The average molecular weight is 326 g/mol. The van der Waals surface area contributed by atoms with Crippen LogP contribution in [0.1, 0.15) is 10.4 Å². The van der Waals surface area contributed by atoms with Gasteiger partial charge in [0.1, 0.15) is 0 Å². The van der Waals surface area contributed by atoms with Gasteiger partial charge in [-0.25, -0.2) is 0 Å². The van der Waals surface area contributed by atoms with Gasteiger partial charge < -0.3 is 15.1 Å². The first kappa shape index (κ1) is 16.4. The van der Waals surface area contributed by atoms with Gasteiger partial charge in [-0.15, -0.1) is 0 Å². The fraction of sp³-hybridized carbons (Fsp3) is 0.389. The van der Waals surface area contributed by atoms with Crippen LogP contribution in [-0.2, 0) is 4.79 Å². The van der Waals surface area contributed by atoms with E-state index in [9.17, 15) is 9.59 Å². The van der Waals surface area contributed by atoms with Gasteiger partial charge in [-0.2, -0.15) is 0 Å². The number of amides is 2. The van der Waals surface area contributed by atoms with Crippen molar-refractivity contribution >= 4 is 22.7 Å². The van der Waals surface area contributed by atoms with Gasteiger partial charge in [0.05, 0.1) is 11.4 Å². The van der Waals surface area contributed by atoms with Crippen LogP contribution in [0.2, 0.25) is 0 Å². The molecule has 1 unspecified atom stereocenters. The zero-order chi connectivity index (χ0) is 17.1. The molecule has 2 aromatic rings. The number of likely N-dealkylation sites (N-methyl/N-ethyl adjacent to an activating group) is 1. The molecule has 0 aliphatic carbocycles. The number of nitrogens with zero attached hydrogens (tertiary/aromatic N) is 3. The normalized spacial score (nSPS) is 19.1. The van der Waals surface area contributed by atoms with E-state index in [0.29, 0.717) is 25.2 Å². The third kappa shape index (κ3) is 3.38. The number of fused-ring (bicyclic) bond motifs is 1. The predicted molar refractivity (Wildman–Crippen MR) is 92.7 cm³/mol. The molecule has 1 aliphatic heterocycles. The zero-order valence-corrected chi connectivity index (χ0v) is 14.0. The minimum Gasteiger partial charge on any atom is -0.359 e. The van der Waals surface area contributed by atoms with E-state index in [2.05, 4.69) is 15.2 Å². The molecule has 1 fully saturated rings. The third-order valence-electron chi connectivity index (χ3n) is 4.48.